The molecule has 0 fully saturated rings. The monoisotopic (exact) mass is 256 g/mol. The first-order valence-corrected chi connectivity index (χ1v) is 5.78. The Kier molecular flexibility index (Phi) is 3.79. The summed E-state index contributed by atoms with van der Waals surface area (Å²) in [5, 5.41) is 9.24. The van der Waals surface area contributed by atoms with E-state index in [-0.39, 0.29) is 6.61 Å². The number of halogens is 1. The molecule has 0 bridgehead atoms. The van der Waals surface area contributed by atoms with Gasteiger partial charge in [0.05, 0.1) is 6.07 Å². The SMILES string of the molecule is N#CC(N)(COc1cccc(F)c1)c1ccccc1. The van der Waals surface area contributed by atoms with Gasteiger partial charge in [-0.1, -0.05) is 36.4 Å². The Balaban J connectivity index is 2.14. The molecule has 0 aliphatic carbocycles. The van der Waals surface area contributed by atoms with Crippen LogP contribution >= 0.6 is 0 Å². The minimum atomic E-state index is -1.26. The van der Waals surface area contributed by atoms with E-state index < -0.39 is 11.4 Å². The van der Waals surface area contributed by atoms with Crippen molar-refractivity contribution in [1.29, 1.82) is 5.26 Å². The van der Waals surface area contributed by atoms with Gasteiger partial charge in [0.15, 0.2) is 5.54 Å². The fourth-order valence-corrected chi connectivity index (χ4v) is 1.67. The van der Waals surface area contributed by atoms with Crippen LogP contribution in [0.1, 0.15) is 5.56 Å². The second-order valence-electron chi connectivity index (χ2n) is 4.20. The highest BCUT2D eigenvalue weighted by Gasteiger charge is 2.28. The molecule has 0 heterocycles. The summed E-state index contributed by atoms with van der Waals surface area (Å²) in [5.41, 5.74) is 5.43. The molecule has 0 aromatic heterocycles. The smallest absolute Gasteiger partial charge is 0.164 e. The van der Waals surface area contributed by atoms with Crippen molar-refractivity contribution in [3.63, 3.8) is 0 Å². The van der Waals surface area contributed by atoms with Crippen LogP contribution in [-0.2, 0) is 5.54 Å². The summed E-state index contributed by atoms with van der Waals surface area (Å²) < 4.78 is 18.4. The zero-order chi connectivity index (χ0) is 13.7. The van der Waals surface area contributed by atoms with Crippen molar-refractivity contribution in [2.45, 2.75) is 5.54 Å². The summed E-state index contributed by atoms with van der Waals surface area (Å²) in [7, 11) is 0. The lowest BCUT2D eigenvalue weighted by molar-refractivity contribution is 0.254. The first-order chi connectivity index (χ1) is 9.14. The largest absolute Gasteiger partial charge is 0.490 e. The van der Waals surface area contributed by atoms with E-state index in [1.165, 1.54) is 18.2 Å². The normalized spacial score (nSPS) is 13.3. The van der Waals surface area contributed by atoms with E-state index in [2.05, 4.69) is 0 Å². The molecule has 2 aromatic rings. The minimum absolute atomic E-state index is 0.0447. The van der Waals surface area contributed by atoms with Crippen molar-refractivity contribution in [2.24, 2.45) is 5.73 Å². The van der Waals surface area contributed by atoms with Crippen molar-refractivity contribution in [3.8, 4) is 11.8 Å². The van der Waals surface area contributed by atoms with Crippen molar-refractivity contribution in [1.82, 2.24) is 0 Å². The molecule has 0 amide bonds. The van der Waals surface area contributed by atoms with Gasteiger partial charge in [-0.3, -0.25) is 0 Å². The van der Waals surface area contributed by atoms with E-state index in [1.54, 1.807) is 30.3 Å². The number of nitriles is 1. The number of nitrogens with two attached hydrogens (primary N) is 1. The van der Waals surface area contributed by atoms with E-state index in [0.717, 1.165) is 0 Å². The molecule has 96 valence electrons. The van der Waals surface area contributed by atoms with Crippen molar-refractivity contribution < 1.29 is 9.13 Å². The predicted octanol–water partition coefficient (Wildman–Crippen LogP) is 2.58. The molecule has 1 atom stereocenters. The molecule has 0 saturated carbocycles. The number of hydrogen-bond donors (Lipinski definition) is 1. The summed E-state index contributed by atoms with van der Waals surface area (Å²) in [5.74, 6) is -0.0437. The molecular weight excluding hydrogens is 243 g/mol. The molecule has 2 N–H and O–H groups in total. The van der Waals surface area contributed by atoms with Crippen molar-refractivity contribution in [3.05, 3.63) is 66.0 Å². The first-order valence-electron chi connectivity index (χ1n) is 5.78. The number of ether oxygens (including phenoxy) is 1. The summed E-state index contributed by atoms with van der Waals surface area (Å²) in [6.07, 6.45) is 0. The maximum atomic E-state index is 13.0. The van der Waals surface area contributed by atoms with Crippen LogP contribution in [0, 0.1) is 17.1 Å². The lowest BCUT2D eigenvalue weighted by atomic mass is 9.94. The molecule has 0 spiro atoms. The topological polar surface area (TPSA) is 59.0 Å². The van der Waals surface area contributed by atoms with Crippen LogP contribution in [0.3, 0.4) is 0 Å². The Morgan fingerprint density at radius 2 is 1.89 bits per heavy atom. The number of nitrogens with zero attached hydrogens (tertiary/aromatic N) is 1. The average molecular weight is 256 g/mol. The number of benzene rings is 2. The van der Waals surface area contributed by atoms with E-state index >= 15 is 0 Å². The fourth-order valence-electron chi connectivity index (χ4n) is 1.67. The first kappa shape index (κ1) is 13.1. The third-order valence-corrected chi connectivity index (χ3v) is 2.75. The predicted molar refractivity (Wildman–Crippen MR) is 69.8 cm³/mol. The van der Waals surface area contributed by atoms with Crippen LogP contribution in [0.4, 0.5) is 4.39 Å². The summed E-state index contributed by atoms with van der Waals surface area (Å²) in [4.78, 5) is 0. The van der Waals surface area contributed by atoms with Crippen LogP contribution in [0.5, 0.6) is 5.75 Å². The lowest BCUT2D eigenvalue weighted by Gasteiger charge is -2.22. The van der Waals surface area contributed by atoms with Crippen LogP contribution in [-0.4, -0.2) is 6.61 Å². The zero-order valence-electron chi connectivity index (χ0n) is 10.2. The molecule has 4 heteroatoms. The van der Waals surface area contributed by atoms with Crippen LogP contribution in [0.2, 0.25) is 0 Å². The van der Waals surface area contributed by atoms with Gasteiger partial charge in [0.1, 0.15) is 18.2 Å². The van der Waals surface area contributed by atoms with Gasteiger partial charge in [-0.05, 0) is 17.7 Å². The van der Waals surface area contributed by atoms with Gasteiger partial charge < -0.3 is 10.5 Å². The van der Waals surface area contributed by atoms with Crippen molar-refractivity contribution >= 4 is 0 Å². The van der Waals surface area contributed by atoms with Crippen LogP contribution < -0.4 is 10.5 Å². The lowest BCUT2D eigenvalue weighted by Crippen LogP contribution is -2.41. The van der Waals surface area contributed by atoms with E-state index in [9.17, 15) is 9.65 Å². The number of hydrogen-bond acceptors (Lipinski definition) is 3. The Morgan fingerprint density at radius 3 is 2.53 bits per heavy atom. The molecule has 3 nitrogen and oxygen atoms in total. The quantitative estimate of drug-likeness (QED) is 0.914. The highest BCUT2D eigenvalue weighted by atomic mass is 19.1. The number of rotatable bonds is 4. The second-order valence-corrected chi connectivity index (χ2v) is 4.20. The maximum Gasteiger partial charge on any atom is 0.164 e. The average Bonchev–Trinajstić information content (AvgIpc) is 2.46. The Morgan fingerprint density at radius 1 is 1.16 bits per heavy atom. The third-order valence-electron chi connectivity index (χ3n) is 2.75. The molecule has 0 aliphatic heterocycles. The van der Waals surface area contributed by atoms with Gasteiger partial charge in [-0.25, -0.2) is 4.39 Å². The maximum absolute atomic E-state index is 13.0. The molecule has 0 aliphatic rings. The van der Waals surface area contributed by atoms with Gasteiger partial charge in [0, 0.05) is 6.07 Å². The Labute approximate surface area is 111 Å². The minimum Gasteiger partial charge on any atom is -0.490 e. The van der Waals surface area contributed by atoms with Gasteiger partial charge in [-0.15, -0.1) is 0 Å². The molecule has 0 saturated heterocycles. The molecule has 19 heavy (non-hydrogen) atoms. The highest BCUT2D eigenvalue weighted by Crippen LogP contribution is 2.20. The van der Waals surface area contributed by atoms with Gasteiger partial charge in [0.25, 0.3) is 0 Å². The van der Waals surface area contributed by atoms with Crippen LogP contribution in [0.15, 0.2) is 54.6 Å². The van der Waals surface area contributed by atoms with Gasteiger partial charge >= 0.3 is 0 Å². The summed E-state index contributed by atoms with van der Waals surface area (Å²) in [6.45, 7) is -0.0447. The van der Waals surface area contributed by atoms with E-state index in [0.29, 0.717) is 11.3 Å². The summed E-state index contributed by atoms with van der Waals surface area (Å²) in [6, 6.07) is 16.7. The molecule has 2 aromatic carbocycles. The van der Waals surface area contributed by atoms with E-state index in [1.807, 2.05) is 12.1 Å². The van der Waals surface area contributed by atoms with Crippen LogP contribution in [0.25, 0.3) is 0 Å². The Bertz CT molecular complexity index is 595. The second kappa shape index (κ2) is 5.51. The summed E-state index contributed by atoms with van der Waals surface area (Å²) >= 11 is 0. The molecule has 0 radical (unpaired) electrons. The fraction of sp³-hybridized carbons (Fsp3) is 0.133. The zero-order valence-corrected chi connectivity index (χ0v) is 10.2. The Hall–Kier alpha value is -2.38. The van der Waals surface area contributed by atoms with Gasteiger partial charge in [0.2, 0.25) is 0 Å². The molecule has 2 rings (SSSR count). The standard InChI is InChI=1S/C15H13FN2O/c16-13-7-4-8-14(9-13)19-11-15(18,10-17)12-5-2-1-3-6-12/h1-9H,11,18H2. The third kappa shape index (κ3) is 3.09. The van der Waals surface area contributed by atoms with Gasteiger partial charge in [-0.2, -0.15) is 5.26 Å². The molecule has 1 unspecified atom stereocenters. The highest BCUT2D eigenvalue weighted by molar-refractivity contribution is 5.31. The van der Waals surface area contributed by atoms with E-state index in [4.69, 9.17) is 10.5 Å². The van der Waals surface area contributed by atoms with Crippen molar-refractivity contribution in [2.75, 3.05) is 6.61 Å². The molecular formula is C15H13FN2O.